The van der Waals surface area contributed by atoms with Crippen molar-refractivity contribution in [1.82, 2.24) is 0 Å². The van der Waals surface area contributed by atoms with E-state index in [0.717, 1.165) is 0 Å². The lowest BCUT2D eigenvalue weighted by Gasteiger charge is -1.98. The Morgan fingerprint density at radius 3 is 2.37 bits per heavy atom. The third kappa shape index (κ3) is 2.96. The molecule has 0 aliphatic carbocycles. The van der Waals surface area contributed by atoms with Gasteiger partial charge in [-0.1, -0.05) is 0 Å². The van der Waals surface area contributed by atoms with Crippen molar-refractivity contribution in [2.45, 2.75) is 0 Å². The minimum absolute atomic E-state index is 0.0442. The summed E-state index contributed by atoms with van der Waals surface area (Å²) in [5.74, 6) is 1.00. The van der Waals surface area contributed by atoms with Gasteiger partial charge in [-0.25, -0.2) is 4.99 Å². The SMILES string of the molecule is N#Cc1c(/N=C/c2ccc(O)cc2O)oc(-c2ccco2)c1-c1ccco1. The second-order valence-electron chi connectivity index (χ2n) is 5.55. The zero-order valence-electron chi connectivity index (χ0n) is 13.8. The Kier molecular flexibility index (Phi) is 3.99. The molecule has 3 heterocycles. The molecular weight excluding hydrogens is 348 g/mol. The first kappa shape index (κ1) is 16.3. The van der Waals surface area contributed by atoms with Crippen molar-refractivity contribution < 1.29 is 23.5 Å². The van der Waals surface area contributed by atoms with E-state index in [0.29, 0.717) is 28.4 Å². The van der Waals surface area contributed by atoms with Gasteiger partial charge in [-0.2, -0.15) is 5.26 Å². The van der Waals surface area contributed by atoms with Crippen LogP contribution in [0, 0.1) is 11.3 Å². The topological polar surface area (TPSA) is 116 Å². The average Bonchev–Trinajstić information content (AvgIpc) is 3.40. The molecule has 0 bridgehead atoms. The summed E-state index contributed by atoms with van der Waals surface area (Å²) in [6.07, 6.45) is 4.33. The molecule has 0 unspecified atom stereocenters. The first-order valence-corrected chi connectivity index (χ1v) is 7.88. The molecule has 0 amide bonds. The van der Waals surface area contributed by atoms with Crippen LogP contribution in [0.4, 0.5) is 5.88 Å². The van der Waals surface area contributed by atoms with Crippen LogP contribution in [0.5, 0.6) is 11.5 Å². The van der Waals surface area contributed by atoms with E-state index in [-0.39, 0.29) is 22.9 Å². The van der Waals surface area contributed by atoms with Gasteiger partial charge in [0.05, 0.1) is 18.1 Å². The fraction of sp³-hybridized carbons (Fsp3) is 0. The Balaban J connectivity index is 1.85. The fourth-order valence-corrected chi connectivity index (χ4v) is 2.62. The molecule has 1 aromatic carbocycles. The van der Waals surface area contributed by atoms with Gasteiger partial charge in [0.15, 0.2) is 11.5 Å². The number of aliphatic imine (C=N–C) groups is 1. The molecule has 0 aliphatic heterocycles. The minimum atomic E-state index is -0.152. The summed E-state index contributed by atoms with van der Waals surface area (Å²) in [4.78, 5) is 4.20. The molecule has 27 heavy (non-hydrogen) atoms. The monoisotopic (exact) mass is 360 g/mol. The van der Waals surface area contributed by atoms with E-state index in [1.165, 1.54) is 36.9 Å². The lowest BCUT2D eigenvalue weighted by Crippen LogP contribution is -1.82. The van der Waals surface area contributed by atoms with Gasteiger partial charge >= 0.3 is 0 Å². The van der Waals surface area contributed by atoms with Crippen LogP contribution in [0.3, 0.4) is 0 Å². The lowest BCUT2D eigenvalue weighted by atomic mass is 10.1. The van der Waals surface area contributed by atoms with Crippen LogP contribution in [0.1, 0.15) is 11.1 Å². The lowest BCUT2D eigenvalue weighted by molar-refractivity contribution is 0.450. The van der Waals surface area contributed by atoms with E-state index in [1.807, 2.05) is 0 Å². The smallest absolute Gasteiger partial charge is 0.238 e. The molecule has 0 atom stereocenters. The Morgan fingerprint density at radius 1 is 1.00 bits per heavy atom. The molecule has 7 nitrogen and oxygen atoms in total. The van der Waals surface area contributed by atoms with E-state index >= 15 is 0 Å². The van der Waals surface area contributed by atoms with Gasteiger partial charge in [-0.15, -0.1) is 0 Å². The number of phenols is 2. The summed E-state index contributed by atoms with van der Waals surface area (Å²) in [5.41, 5.74) is 0.956. The highest BCUT2D eigenvalue weighted by Crippen LogP contribution is 2.42. The quantitative estimate of drug-likeness (QED) is 0.503. The average molecular weight is 360 g/mol. The number of hydrogen-bond donors (Lipinski definition) is 2. The predicted octanol–water partition coefficient (Wildman–Crippen LogP) is 4.83. The minimum Gasteiger partial charge on any atom is -0.508 e. The molecule has 7 heteroatoms. The molecular formula is C20H12N2O5. The molecule has 4 rings (SSSR count). The van der Waals surface area contributed by atoms with Gasteiger partial charge in [0.2, 0.25) is 5.88 Å². The summed E-state index contributed by atoms with van der Waals surface area (Å²) in [7, 11) is 0. The summed E-state index contributed by atoms with van der Waals surface area (Å²) >= 11 is 0. The maximum Gasteiger partial charge on any atom is 0.238 e. The highest BCUT2D eigenvalue weighted by Gasteiger charge is 2.26. The fourth-order valence-electron chi connectivity index (χ4n) is 2.62. The molecule has 3 aromatic heterocycles. The van der Waals surface area contributed by atoms with Crippen LogP contribution >= 0.6 is 0 Å². The van der Waals surface area contributed by atoms with Crippen LogP contribution in [0.2, 0.25) is 0 Å². The van der Waals surface area contributed by atoms with Crippen LogP contribution in [0.15, 0.2) is 73.2 Å². The van der Waals surface area contributed by atoms with Gasteiger partial charge < -0.3 is 23.5 Å². The van der Waals surface area contributed by atoms with E-state index in [2.05, 4.69) is 11.1 Å². The zero-order chi connectivity index (χ0) is 18.8. The van der Waals surface area contributed by atoms with Crippen molar-refractivity contribution >= 4 is 12.1 Å². The first-order valence-electron chi connectivity index (χ1n) is 7.88. The van der Waals surface area contributed by atoms with Crippen LogP contribution < -0.4 is 0 Å². The van der Waals surface area contributed by atoms with Crippen LogP contribution in [0.25, 0.3) is 22.8 Å². The number of rotatable bonds is 4. The number of phenolic OH excluding ortho intramolecular Hbond substituents is 2. The highest BCUT2D eigenvalue weighted by atomic mass is 16.4. The van der Waals surface area contributed by atoms with E-state index in [1.54, 1.807) is 24.3 Å². The Morgan fingerprint density at radius 2 is 1.74 bits per heavy atom. The number of hydrogen-bond acceptors (Lipinski definition) is 7. The standard InChI is InChI=1S/C20H12N2O5/c21-10-14-18(16-3-1-7-25-16)19(17-4-2-8-26-17)27-20(14)22-11-12-5-6-13(23)9-15(12)24/h1-9,11,23-24H/b22-11+. The third-order valence-corrected chi connectivity index (χ3v) is 3.85. The number of nitrogens with zero attached hydrogens (tertiary/aromatic N) is 2. The predicted molar refractivity (Wildman–Crippen MR) is 95.9 cm³/mol. The second kappa shape index (κ2) is 6.61. The molecule has 0 radical (unpaired) electrons. The Hall–Kier alpha value is -4.18. The zero-order valence-corrected chi connectivity index (χ0v) is 13.8. The number of nitriles is 1. The van der Waals surface area contributed by atoms with Crippen molar-refractivity contribution in [3.8, 4) is 40.4 Å². The normalized spacial score (nSPS) is 11.1. The molecule has 0 fully saturated rings. The van der Waals surface area contributed by atoms with Crippen LogP contribution in [-0.2, 0) is 0 Å². The summed E-state index contributed by atoms with van der Waals surface area (Å²) in [5, 5.41) is 28.9. The largest absolute Gasteiger partial charge is 0.508 e. The van der Waals surface area contributed by atoms with Crippen molar-refractivity contribution in [3.63, 3.8) is 0 Å². The summed E-state index contributed by atoms with van der Waals surface area (Å²) in [6.45, 7) is 0. The molecule has 0 aliphatic rings. The Bertz CT molecular complexity index is 1150. The van der Waals surface area contributed by atoms with Crippen LogP contribution in [-0.4, -0.2) is 16.4 Å². The molecule has 0 saturated carbocycles. The maximum absolute atomic E-state index is 9.88. The van der Waals surface area contributed by atoms with Crippen molar-refractivity contribution in [3.05, 3.63) is 66.1 Å². The third-order valence-electron chi connectivity index (χ3n) is 3.85. The number of benzene rings is 1. The second-order valence-corrected chi connectivity index (χ2v) is 5.55. The number of aromatic hydroxyl groups is 2. The molecule has 132 valence electrons. The van der Waals surface area contributed by atoms with E-state index in [4.69, 9.17) is 13.3 Å². The van der Waals surface area contributed by atoms with Crippen molar-refractivity contribution in [2.24, 2.45) is 4.99 Å². The summed E-state index contributed by atoms with van der Waals surface area (Å²) < 4.78 is 16.6. The highest BCUT2D eigenvalue weighted by molar-refractivity contribution is 5.89. The Labute approximate surface area is 153 Å². The maximum atomic E-state index is 9.88. The summed E-state index contributed by atoms with van der Waals surface area (Å²) in [6, 6.07) is 13.0. The van der Waals surface area contributed by atoms with E-state index < -0.39 is 0 Å². The van der Waals surface area contributed by atoms with Gasteiger partial charge in [0.25, 0.3) is 0 Å². The van der Waals surface area contributed by atoms with Crippen molar-refractivity contribution in [2.75, 3.05) is 0 Å². The molecule has 0 saturated heterocycles. The molecule has 0 spiro atoms. The van der Waals surface area contributed by atoms with Crippen molar-refractivity contribution in [1.29, 1.82) is 5.26 Å². The first-order chi connectivity index (χ1) is 13.2. The van der Waals surface area contributed by atoms with Gasteiger partial charge in [0.1, 0.15) is 28.9 Å². The van der Waals surface area contributed by atoms with Gasteiger partial charge in [0, 0.05) is 17.8 Å². The number of furan rings is 3. The van der Waals surface area contributed by atoms with Gasteiger partial charge in [-0.3, -0.25) is 0 Å². The molecule has 2 N–H and O–H groups in total. The van der Waals surface area contributed by atoms with E-state index in [9.17, 15) is 15.5 Å². The molecule has 4 aromatic rings. The van der Waals surface area contributed by atoms with Gasteiger partial charge in [-0.05, 0) is 36.4 Å².